The first-order chi connectivity index (χ1) is 19.8. The number of aryl methyl sites for hydroxylation is 1. The first-order valence-electron chi connectivity index (χ1n) is 13.8. The molecular weight excluding hydrogens is 502 g/mol. The number of rotatable bonds is 3. The summed E-state index contributed by atoms with van der Waals surface area (Å²) >= 11 is 0. The number of H-pyrrole nitrogens is 1. The van der Waals surface area contributed by atoms with Gasteiger partial charge in [-0.15, -0.1) is 0 Å². The molecule has 0 aliphatic carbocycles. The van der Waals surface area contributed by atoms with E-state index in [9.17, 15) is 4.79 Å². The molecule has 6 aromatic rings. The lowest BCUT2D eigenvalue weighted by molar-refractivity contribution is 0.590. The first kappa shape index (κ1) is 26.1. The van der Waals surface area contributed by atoms with Crippen LogP contribution in [0.25, 0.3) is 39.6 Å². The zero-order valence-electron chi connectivity index (χ0n) is 23.7. The molecule has 0 aliphatic heterocycles. The van der Waals surface area contributed by atoms with Crippen LogP contribution >= 0.6 is 0 Å². The van der Waals surface area contributed by atoms with E-state index < -0.39 is 0 Å². The maximum atomic E-state index is 13.8. The van der Waals surface area contributed by atoms with Crippen LogP contribution in [0.3, 0.4) is 0 Å². The van der Waals surface area contributed by atoms with Gasteiger partial charge >= 0.3 is 0 Å². The minimum absolute atomic E-state index is 0.102. The summed E-state index contributed by atoms with van der Waals surface area (Å²) in [6, 6.07) is 30.0. The van der Waals surface area contributed by atoms with Crippen LogP contribution in [-0.4, -0.2) is 14.5 Å². The van der Waals surface area contributed by atoms with Crippen LogP contribution in [0.2, 0.25) is 0 Å². The summed E-state index contributed by atoms with van der Waals surface area (Å²) in [5, 5.41) is 1.70. The Morgan fingerprint density at radius 2 is 1.49 bits per heavy atom. The number of hydrogen-bond acceptors (Lipinski definition) is 2. The van der Waals surface area contributed by atoms with Gasteiger partial charge in [0.15, 0.2) is 0 Å². The van der Waals surface area contributed by atoms with E-state index in [0.717, 1.165) is 38.8 Å². The van der Waals surface area contributed by atoms with E-state index in [1.807, 2.05) is 85.9 Å². The van der Waals surface area contributed by atoms with Crippen LogP contribution < -0.4 is 5.56 Å². The van der Waals surface area contributed by atoms with Crippen molar-refractivity contribution in [3.63, 3.8) is 0 Å². The molecule has 0 atom stereocenters. The third kappa shape index (κ3) is 5.23. The van der Waals surface area contributed by atoms with Crippen molar-refractivity contribution in [2.75, 3.05) is 0 Å². The Bertz CT molecular complexity index is 2060. The highest BCUT2D eigenvalue weighted by Crippen LogP contribution is 2.24. The number of nitrogens with zero attached hydrogens (tertiary/aromatic N) is 2. The molecule has 0 spiro atoms. The SMILES string of the molecule is Cc1cc(C#Cc2ccc(C(C)(C)C)cc2)ccc1-n1c(C=Cc2c[nH]c3ccccc23)nc2ccccc2c1=O. The summed E-state index contributed by atoms with van der Waals surface area (Å²) in [5.41, 5.74) is 7.65. The zero-order chi connectivity index (χ0) is 28.6. The van der Waals surface area contributed by atoms with Crippen molar-refractivity contribution in [1.29, 1.82) is 0 Å². The molecule has 0 saturated heterocycles. The van der Waals surface area contributed by atoms with Crippen LogP contribution in [0.5, 0.6) is 0 Å². The fourth-order valence-corrected chi connectivity index (χ4v) is 5.07. The largest absolute Gasteiger partial charge is 0.361 e. The van der Waals surface area contributed by atoms with Gasteiger partial charge in [0.1, 0.15) is 5.82 Å². The Morgan fingerprint density at radius 1 is 0.805 bits per heavy atom. The smallest absolute Gasteiger partial charge is 0.266 e. The van der Waals surface area contributed by atoms with Crippen molar-refractivity contribution in [1.82, 2.24) is 14.5 Å². The van der Waals surface area contributed by atoms with Crippen molar-refractivity contribution in [2.45, 2.75) is 33.1 Å². The number of fused-ring (bicyclic) bond motifs is 2. The zero-order valence-corrected chi connectivity index (χ0v) is 23.7. The minimum Gasteiger partial charge on any atom is -0.361 e. The molecule has 4 aromatic carbocycles. The van der Waals surface area contributed by atoms with Gasteiger partial charge in [0.05, 0.1) is 16.6 Å². The van der Waals surface area contributed by atoms with Crippen LogP contribution in [0.4, 0.5) is 0 Å². The van der Waals surface area contributed by atoms with Gasteiger partial charge in [0.2, 0.25) is 0 Å². The number of aromatic amines is 1. The molecule has 2 aromatic heterocycles. The third-order valence-corrected chi connectivity index (χ3v) is 7.37. The summed E-state index contributed by atoms with van der Waals surface area (Å²) < 4.78 is 1.70. The Kier molecular flexibility index (Phi) is 6.65. The van der Waals surface area contributed by atoms with Gasteiger partial charge in [-0.3, -0.25) is 9.36 Å². The van der Waals surface area contributed by atoms with E-state index in [-0.39, 0.29) is 11.0 Å². The molecule has 0 aliphatic rings. The second-order valence-electron chi connectivity index (χ2n) is 11.3. The molecule has 0 amide bonds. The Balaban J connectivity index is 1.40. The molecule has 0 fully saturated rings. The Morgan fingerprint density at radius 3 is 2.24 bits per heavy atom. The minimum atomic E-state index is -0.102. The summed E-state index contributed by atoms with van der Waals surface area (Å²) in [5.74, 6) is 7.14. The van der Waals surface area contributed by atoms with Gasteiger partial charge in [0, 0.05) is 28.2 Å². The topological polar surface area (TPSA) is 50.7 Å². The number of nitrogens with one attached hydrogen (secondary N) is 1. The van der Waals surface area contributed by atoms with Gasteiger partial charge < -0.3 is 4.98 Å². The van der Waals surface area contributed by atoms with Gasteiger partial charge in [-0.05, 0) is 89.7 Å². The molecule has 0 radical (unpaired) electrons. The quantitative estimate of drug-likeness (QED) is 0.234. The van der Waals surface area contributed by atoms with Crippen molar-refractivity contribution < 1.29 is 0 Å². The maximum absolute atomic E-state index is 13.8. The fraction of sp³-hybridized carbons (Fsp3) is 0.135. The normalized spacial score (nSPS) is 11.7. The molecule has 4 nitrogen and oxygen atoms in total. The molecule has 2 heterocycles. The average Bonchev–Trinajstić information content (AvgIpc) is 3.38. The van der Waals surface area contributed by atoms with Crippen LogP contribution in [-0.2, 0) is 5.41 Å². The second-order valence-corrected chi connectivity index (χ2v) is 11.3. The summed E-state index contributed by atoms with van der Waals surface area (Å²) in [6.45, 7) is 8.63. The van der Waals surface area contributed by atoms with Gasteiger partial charge in [-0.1, -0.05) is 75.1 Å². The van der Waals surface area contributed by atoms with Crippen molar-refractivity contribution in [3.8, 4) is 17.5 Å². The molecule has 6 rings (SSSR count). The monoisotopic (exact) mass is 533 g/mol. The highest BCUT2D eigenvalue weighted by atomic mass is 16.1. The number of para-hydroxylation sites is 2. The molecule has 0 bridgehead atoms. The summed E-state index contributed by atoms with van der Waals surface area (Å²) in [4.78, 5) is 22.0. The molecule has 0 saturated carbocycles. The number of hydrogen-bond donors (Lipinski definition) is 1. The lowest BCUT2D eigenvalue weighted by Gasteiger charge is -2.18. The Labute approximate surface area is 240 Å². The molecule has 0 unspecified atom stereocenters. The predicted octanol–water partition coefficient (Wildman–Crippen LogP) is 8.04. The average molecular weight is 534 g/mol. The number of benzene rings is 4. The molecular formula is C37H31N3O. The van der Waals surface area contributed by atoms with E-state index in [2.05, 4.69) is 67.9 Å². The van der Waals surface area contributed by atoms with Crippen molar-refractivity contribution in [3.05, 3.63) is 141 Å². The first-order valence-corrected chi connectivity index (χ1v) is 13.8. The van der Waals surface area contributed by atoms with E-state index in [1.165, 1.54) is 5.56 Å². The van der Waals surface area contributed by atoms with E-state index in [1.54, 1.807) is 4.57 Å². The predicted molar refractivity (Wildman–Crippen MR) is 170 cm³/mol. The Hall–Kier alpha value is -5.14. The summed E-state index contributed by atoms with van der Waals surface area (Å²) in [6.07, 6.45) is 5.89. The van der Waals surface area contributed by atoms with Crippen molar-refractivity contribution in [2.24, 2.45) is 0 Å². The molecule has 4 heteroatoms. The molecule has 200 valence electrons. The van der Waals surface area contributed by atoms with E-state index in [4.69, 9.17) is 4.98 Å². The van der Waals surface area contributed by atoms with Gasteiger partial charge in [0.25, 0.3) is 5.56 Å². The molecule has 41 heavy (non-hydrogen) atoms. The van der Waals surface area contributed by atoms with Crippen LogP contribution in [0, 0.1) is 18.8 Å². The van der Waals surface area contributed by atoms with Crippen LogP contribution in [0.1, 0.15) is 54.4 Å². The highest BCUT2D eigenvalue weighted by molar-refractivity contribution is 5.91. The van der Waals surface area contributed by atoms with E-state index in [0.29, 0.717) is 16.7 Å². The van der Waals surface area contributed by atoms with Gasteiger partial charge in [-0.2, -0.15) is 0 Å². The second kappa shape index (κ2) is 10.4. The fourth-order valence-electron chi connectivity index (χ4n) is 5.07. The lowest BCUT2D eigenvalue weighted by Crippen LogP contribution is -2.23. The highest BCUT2D eigenvalue weighted by Gasteiger charge is 2.14. The number of aromatic nitrogens is 3. The maximum Gasteiger partial charge on any atom is 0.266 e. The third-order valence-electron chi connectivity index (χ3n) is 7.37. The standard InChI is InChI=1S/C37H31N3O/c1-25-23-27(14-13-26-15-19-29(20-16-26)37(2,3)4)17-21-34(25)40-35(39-33-12-8-6-10-31(33)36(40)41)22-18-28-24-38-32-11-7-5-9-30(28)32/h5-12,15-24,38H,1-4H3. The van der Waals surface area contributed by atoms with Crippen molar-refractivity contribution >= 4 is 34.0 Å². The lowest BCUT2D eigenvalue weighted by atomic mass is 9.87. The molecule has 1 N–H and O–H groups in total. The van der Waals surface area contributed by atoms with Crippen LogP contribution in [0.15, 0.2) is 102 Å². The van der Waals surface area contributed by atoms with Gasteiger partial charge in [-0.25, -0.2) is 4.98 Å². The summed E-state index contributed by atoms with van der Waals surface area (Å²) in [7, 11) is 0. The van der Waals surface area contributed by atoms with E-state index >= 15 is 0 Å².